The van der Waals surface area contributed by atoms with Crippen molar-refractivity contribution < 1.29 is 27.5 Å². The van der Waals surface area contributed by atoms with Gasteiger partial charge in [0.25, 0.3) is 5.91 Å². The number of hydrogen-bond acceptors (Lipinski definition) is 7. The van der Waals surface area contributed by atoms with Gasteiger partial charge in [0.15, 0.2) is 5.82 Å². The molecule has 2 N–H and O–H groups in total. The van der Waals surface area contributed by atoms with E-state index < -0.39 is 23.6 Å². The van der Waals surface area contributed by atoms with Crippen LogP contribution in [0.25, 0.3) is 5.82 Å². The zero-order chi connectivity index (χ0) is 26.3. The number of carbonyl (C=O) groups is 2. The maximum Gasteiger partial charge on any atom is 0.419 e. The van der Waals surface area contributed by atoms with Gasteiger partial charge in [-0.05, 0) is 36.1 Å². The van der Waals surface area contributed by atoms with Crippen molar-refractivity contribution in [2.45, 2.75) is 32.5 Å². The molecule has 0 aliphatic heterocycles. The van der Waals surface area contributed by atoms with E-state index in [1.54, 1.807) is 30.5 Å². The van der Waals surface area contributed by atoms with Gasteiger partial charge in [0.05, 0.1) is 30.5 Å². The highest BCUT2D eigenvalue weighted by atomic mass is 19.4. The lowest BCUT2D eigenvalue weighted by Crippen LogP contribution is -2.18. The Morgan fingerprint density at radius 3 is 2.44 bits per heavy atom. The number of esters is 1. The van der Waals surface area contributed by atoms with Crippen molar-refractivity contribution in [2.24, 2.45) is 5.92 Å². The second kappa shape index (κ2) is 11.5. The van der Waals surface area contributed by atoms with E-state index in [1.807, 2.05) is 0 Å². The summed E-state index contributed by atoms with van der Waals surface area (Å²) < 4.78 is 44.1. The van der Waals surface area contributed by atoms with Crippen LogP contribution in [-0.2, 0) is 15.7 Å². The summed E-state index contributed by atoms with van der Waals surface area (Å²) in [6.45, 7) is 4.11. The normalized spacial score (nSPS) is 12.5. The van der Waals surface area contributed by atoms with E-state index in [9.17, 15) is 22.8 Å². The first kappa shape index (κ1) is 26.4. The predicted molar refractivity (Wildman–Crippen MR) is 125 cm³/mol. The number of alkyl halides is 3. The molecule has 0 aromatic carbocycles. The summed E-state index contributed by atoms with van der Waals surface area (Å²) >= 11 is 0. The van der Waals surface area contributed by atoms with Crippen LogP contribution in [-0.4, -0.2) is 38.7 Å². The number of pyridine rings is 2. The molecule has 0 aliphatic carbocycles. The van der Waals surface area contributed by atoms with Crippen LogP contribution >= 0.6 is 0 Å². The summed E-state index contributed by atoms with van der Waals surface area (Å²) in [6.07, 6.45) is 3.13. The van der Waals surface area contributed by atoms with Gasteiger partial charge >= 0.3 is 12.1 Å². The maximum absolute atomic E-state index is 12.9. The molecule has 190 valence electrons. The summed E-state index contributed by atoms with van der Waals surface area (Å²) in [5, 5.41) is 9.51. The van der Waals surface area contributed by atoms with Gasteiger partial charge in [-0.2, -0.15) is 18.3 Å². The quantitative estimate of drug-likeness (QED) is 0.332. The highest BCUT2D eigenvalue weighted by Crippen LogP contribution is 2.29. The van der Waals surface area contributed by atoms with Crippen LogP contribution in [0.15, 0.2) is 61.3 Å². The van der Waals surface area contributed by atoms with Gasteiger partial charge in [0, 0.05) is 30.9 Å². The Morgan fingerprint density at radius 1 is 1.11 bits per heavy atom. The Morgan fingerprint density at radius 2 is 1.89 bits per heavy atom. The first-order valence-electron chi connectivity index (χ1n) is 10.9. The number of nitrogens with zero attached hydrogens (tertiary/aromatic N) is 4. The number of rotatable bonds is 9. The molecule has 1 unspecified atom stereocenters. The number of aromatic nitrogens is 4. The number of amides is 1. The van der Waals surface area contributed by atoms with Gasteiger partial charge in [0.1, 0.15) is 5.82 Å². The minimum Gasteiger partial charge on any atom is -0.466 e. The van der Waals surface area contributed by atoms with Crippen LogP contribution in [0, 0.1) is 5.92 Å². The molecule has 9 nitrogen and oxygen atoms in total. The summed E-state index contributed by atoms with van der Waals surface area (Å²) in [6, 6.07) is 6.41. The topological polar surface area (TPSA) is 111 Å². The standard InChI is InChI=1S/C24H25F3N6O3/c1-15(2)10-19(16-5-7-21(30-11-16)33-14-18(13-31-33)24(25,26)27)32-20-6-4-17(12-29-20)23(35)28-9-8-22(34)36-3/h4-9,11-15,19H,10H2,1-3H3,(H,28,35)(H,29,32). The number of carbonyl (C=O) groups excluding carboxylic acids is 2. The van der Waals surface area contributed by atoms with Crippen molar-refractivity contribution in [3.8, 4) is 5.82 Å². The maximum atomic E-state index is 12.9. The molecular formula is C24H25F3N6O3. The van der Waals surface area contributed by atoms with Crippen LogP contribution in [0.1, 0.15) is 47.8 Å². The lowest BCUT2D eigenvalue weighted by Gasteiger charge is -2.21. The second-order valence-electron chi connectivity index (χ2n) is 8.21. The van der Waals surface area contributed by atoms with Gasteiger partial charge in [-0.15, -0.1) is 0 Å². The van der Waals surface area contributed by atoms with Crippen LogP contribution in [0.4, 0.5) is 19.0 Å². The molecule has 0 fully saturated rings. The van der Waals surface area contributed by atoms with Crippen LogP contribution < -0.4 is 10.6 Å². The van der Waals surface area contributed by atoms with E-state index in [2.05, 4.69) is 44.3 Å². The van der Waals surface area contributed by atoms with Crippen LogP contribution in [0.5, 0.6) is 0 Å². The average Bonchev–Trinajstić information content (AvgIpc) is 3.35. The molecule has 0 saturated carbocycles. The molecule has 36 heavy (non-hydrogen) atoms. The Bertz CT molecular complexity index is 1210. The fourth-order valence-electron chi connectivity index (χ4n) is 3.21. The van der Waals surface area contributed by atoms with E-state index in [4.69, 9.17) is 0 Å². The number of ether oxygens (including phenoxy) is 1. The van der Waals surface area contributed by atoms with Crippen LogP contribution in [0.2, 0.25) is 0 Å². The molecule has 0 saturated heterocycles. The molecule has 0 spiro atoms. The van der Waals surface area contributed by atoms with Crippen molar-refractivity contribution in [3.63, 3.8) is 0 Å². The fourth-order valence-corrected chi connectivity index (χ4v) is 3.21. The number of anilines is 1. The van der Waals surface area contributed by atoms with Gasteiger partial charge in [0.2, 0.25) is 0 Å². The van der Waals surface area contributed by atoms with E-state index in [0.29, 0.717) is 17.3 Å². The molecular weight excluding hydrogens is 477 g/mol. The Labute approximate surface area is 205 Å². The molecule has 3 aromatic rings. The zero-order valence-electron chi connectivity index (χ0n) is 19.8. The summed E-state index contributed by atoms with van der Waals surface area (Å²) in [5.74, 6) is 0.0530. The zero-order valence-corrected chi connectivity index (χ0v) is 19.8. The number of methoxy groups -OCH3 is 1. The predicted octanol–water partition coefficient (Wildman–Crippen LogP) is 4.30. The van der Waals surface area contributed by atoms with Crippen molar-refractivity contribution in [3.05, 3.63) is 78.0 Å². The smallest absolute Gasteiger partial charge is 0.419 e. The van der Waals surface area contributed by atoms with Crippen molar-refractivity contribution in [2.75, 3.05) is 12.4 Å². The SMILES string of the molecule is COC(=O)C=CNC(=O)c1ccc(NC(CC(C)C)c2ccc(-n3cc(C(F)(F)F)cn3)nc2)nc1. The lowest BCUT2D eigenvalue weighted by molar-refractivity contribution is -0.137. The van der Waals surface area contributed by atoms with Crippen molar-refractivity contribution in [1.29, 1.82) is 0 Å². The Kier molecular flexibility index (Phi) is 8.41. The second-order valence-corrected chi connectivity index (χ2v) is 8.21. The first-order chi connectivity index (χ1) is 17.1. The first-order valence-corrected chi connectivity index (χ1v) is 10.9. The van der Waals surface area contributed by atoms with Gasteiger partial charge in [-0.3, -0.25) is 4.79 Å². The lowest BCUT2D eigenvalue weighted by atomic mass is 9.98. The molecule has 1 amide bonds. The molecule has 3 rings (SSSR count). The number of halogens is 3. The van der Waals surface area contributed by atoms with E-state index in [-0.39, 0.29) is 11.9 Å². The molecule has 1 atom stereocenters. The van der Waals surface area contributed by atoms with Crippen molar-refractivity contribution in [1.82, 2.24) is 25.1 Å². The average molecular weight is 502 g/mol. The Balaban J connectivity index is 1.71. The van der Waals surface area contributed by atoms with E-state index >= 15 is 0 Å². The van der Waals surface area contributed by atoms with E-state index in [1.165, 1.54) is 19.5 Å². The minimum absolute atomic E-state index is 0.190. The molecule has 3 aromatic heterocycles. The number of nitrogens with one attached hydrogen (secondary N) is 2. The molecule has 0 aliphatic rings. The third-order valence-electron chi connectivity index (χ3n) is 5.01. The summed E-state index contributed by atoms with van der Waals surface area (Å²) in [7, 11) is 1.23. The highest BCUT2D eigenvalue weighted by molar-refractivity contribution is 5.95. The van der Waals surface area contributed by atoms with E-state index in [0.717, 1.165) is 35.1 Å². The summed E-state index contributed by atoms with van der Waals surface area (Å²) in [5.41, 5.74) is 0.251. The van der Waals surface area contributed by atoms with Gasteiger partial charge < -0.3 is 15.4 Å². The third-order valence-corrected chi connectivity index (χ3v) is 5.01. The fraction of sp³-hybridized carbons (Fsp3) is 0.292. The molecule has 0 bridgehead atoms. The Hall–Kier alpha value is -4.22. The largest absolute Gasteiger partial charge is 0.466 e. The molecule has 3 heterocycles. The van der Waals surface area contributed by atoms with Gasteiger partial charge in [-0.25, -0.2) is 19.4 Å². The highest BCUT2D eigenvalue weighted by Gasteiger charge is 2.32. The van der Waals surface area contributed by atoms with Crippen molar-refractivity contribution >= 4 is 17.7 Å². The molecule has 0 radical (unpaired) electrons. The molecule has 12 heteroatoms. The van der Waals surface area contributed by atoms with Crippen LogP contribution in [0.3, 0.4) is 0 Å². The van der Waals surface area contributed by atoms with Gasteiger partial charge in [-0.1, -0.05) is 19.9 Å². The minimum atomic E-state index is -4.48. The third kappa shape index (κ3) is 7.14. The number of hydrogen-bond donors (Lipinski definition) is 2. The monoisotopic (exact) mass is 502 g/mol. The summed E-state index contributed by atoms with van der Waals surface area (Å²) in [4.78, 5) is 31.8.